The molecule has 1 saturated carbocycles. The van der Waals surface area contributed by atoms with Crippen molar-refractivity contribution in [2.75, 3.05) is 19.3 Å². The summed E-state index contributed by atoms with van der Waals surface area (Å²) in [5, 5.41) is 0. The van der Waals surface area contributed by atoms with E-state index in [1.54, 1.807) is 0 Å². The van der Waals surface area contributed by atoms with Gasteiger partial charge in [-0.05, 0) is 45.0 Å². The summed E-state index contributed by atoms with van der Waals surface area (Å²) in [6.07, 6.45) is 5.44. The Morgan fingerprint density at radius 3 is 2.60 bits per heavy atom. The molecule has 0 saturated heterocycles. The molecule has 10 heavy (non-hydrogen) atoms. The lowest BCUT2D eigenvalue weighted by Crippen LogP contribution is -2.21. The Balaban J connectivity index is 1.90. The highest BCUT2D eigenvalue weighted by molar-refractivity contribution is 7.80. The summed E-state index contributed by atoms with van der Waals surface area (Å²) in [4.78, 5) is 2.48. The van der Waals surface area contributed by atoms with Gasteiger partial charge in [-0.2, -0.15) is 12.6 Å². The van der Waals surface area contributed by atoms with E-state index in [9.17, 15) is 0 Å². The molecule has 0 aromatic rings. The van der Waals surface area contributed by atoms with Crippen molar-refractivity contribution in [3.63, 3.8) is 0 Å². The number of unbranched alkanes of at least 4 members (excludes halogenated alkanes) is 1. The maximum atomic E-state index is 4.17. The van der Waals surface area contributed by atoms with Gasteiger partial charge in [0.2, 0.25) is 0 Å². The van der Waals surface area contributed by atoms with E-state index in [1.165, 1.54) is 32.2 Å². The Hall–Kier alpha value is 0.310. The van der Waals surface area contributed by atoms with Crippen molar-refractivity contribution in [2.45, 2.75) is 31.7 Å². The quantitative estimate of drug-likeness (QED) is 0.473. The normalized spacial score (nSPS) is 18.3. The topological polar surface area (TPSA) is 3.24 Å². The molecule has 0 atom stereocenters. The van der Waals surface area contributed by atoms with Gasteiger partial charge in [0.1, 0.15) is 0 Å². The van der Waals surface area contributed by atoms with Crippen LogP contribution in [-0.2, 0) is 0 Å². The monoisotopic (exact) mass is 159 g/mol. The summed E-state index contributed by atoms with van der Waals surface area (Å²) < 4.78 is 0. The van der Waals surface area contributed by atoms with E-state index in [1.807, 2.05) is 0 Å². The third kappa shape index (κ3) is 2.93. The van der Waals surface area contributed by atoms with Crippen LogP contribution in [0.2, 0.25) is 0 Å². The van der Waals surface area contributed by atoms with Gasteiger partial charge in [-0.15, -0.1) is 0 Å². The summed E-state index contributed by atoms with van der Waals surface area (Å²) in [5.74, 6) is 1.04. The molecule has 2 heteroatoms. The highest BCUT2D eigenvalue weighted by Crippen LogP contribution is 2.25. The maximum absolute atomic E-state index is 4.17. The molecular formula is C8H17NS. The van der Waals surface area contributed by atoms with Crippen LogP contribution < -0.4 is 0 Å². The largest absolute Gasteiger partial charge is 0.303 e. The Labute approximate surface area is 69.2 Å². The molecular weight excluding hydrogens is 142 g/mol. The summed E-state index contributed by atoms with van der Waals surface area (Å²) >= 11 is 4.17. The molecule has 0 spiro atoms. The van der Waals surface area contributed by atoms with Crippen molar-refractivity contribution < 1.29 is 0 Å². The third-order valence-corrected chi connectivity index (χ3v) is 2.41. The van der Waals surface area contributed by atoms with Crippen LogP contribution in [0.3, 0.4) is 0 Å². The van der Waals surface area contributed by atoms with E-state index >= 15 is 0 Å². The average Bonchev–Trinajstić information content (AvgIpc) is 2.69. The molecule has 0 radical (unpaired) electrons. The predicted molar refractivity (Wildman–Crippen MR) is 48.7 cm³/mol. The number of rotatable bonds is 5. The summed E-state index contributed by atoms with van der Waals surface area (Å²) in [6, 6.07) is 0.930. The minimum atomic E-state index is 0.930. The molecule has 1 fully saturated rings. The molecule has 1 aliphatic rings. The lowest BCUT2D eigenvalue weighted by atomic mass is 10.3. The zero-order valence-corrected chi connectivity index (χ0v) is 7.61. The molecule has 1 nitrogen and oxygen atoms in total. The van der Waals surface area contributed by atoms with Crippen molar-refractivity contribution >= 4 is 12.6 Å². The molecule has 0 heterocycles. The Bertz CT molecular complexity index is 91.3. The van der Waals surface area contributed by atoms with Crippen molar-refractivity contribution in [3.05, 3.63) is 0 Å². The first-order valence-electron chi connectivity index (χ1n) is 4.15. The second-order valence-electron chi connectivity index (χ2n) is 3.14. The van der Waals surface area contributed by atoms with Crippen molar-refractivity contribution in [1.82, 2.24) is 4.90 Å². The van der Waals surface area contributed by atoms with E-state index < -0.39 is 0 Å². The molecule has 0 N–H and O–H groups in total. The molecule has 0 amide bonds. The Morgan fingerprint density at radius 2 is 2.10 bits per heavy atom. The van der Waals surface area contributed by atoms with Gasteiger partial charge in [0.05, 0.1) is 0 Å². The SMILES string of the molecule is CN(CCCCS)C1CC1. The van der Waals surface area contributed by atoms with Gasteiger partial charge in [-0.3, -0.25) is 0 Å². The van der Waals surface area contributed by atoms with E-state index in [2.05, 4.69) is 24.6 Å². The third-order valence-electron chi connectivity index (χ3n) is 2.09. The van der Waals surface area contributed by atoms with Crippen molar-refractivity contribution in [2.24, 2.45) is 0 Å². The van der Waals surface area contributed by atoms with Gasteiger partial charge < -0.3 is 4.90 Å². The molecule has 1 aliphatic carbocycles. The second kappa shape index (κ2) is 4.24. The molecule has 0 bridgehead atoms. The average molecular weight is 159 g/mol. The Morgan fingerprint density at radius 1 is 1.40 bits per heavy atom. The first-order valence-corrected chi connectivity index (χ1v) is 4.79. The smallest absolute Gasteiger partial charge is 0.00933 e. The van der Waals surface area contributed by atoms with Crippen LogP contribution in [0.1, 0.15) is 25.7 Å². The fraction of sp³-hybridized carbons (Fsp3) is 1.00. The van der Waals surface area contributed by atoms with Gasteiger partial charge in [0.25, 0.3) is 0 Å². The molecule has 0 aliphatic heterocycles. The molecule has 60 valence electrons. The van der Waals surface area contributed by atoms with Crippen LogP contribution in [0.5, 0.6) is 0 Å². The number of hydrogen-bond acceptors (Lipinski definition) is 2. The van der Waals surface area contributed by atoms with Gasteiger partial charge in [0.15, 0.2) is 0 Å². The zero-order valence-electron chi connectivity index (χ0n) is 6.71. The number of thiol groups is 1. The van der Waals surface area contributed by atoms with Crippen LogP contribution in [-0.4, -0.2) is 30.3 Å². The van der Waals surface area contributed by atoms with Crippen molar-refractivity contribution in [1.29, 1.82) is 0 Å². The van der Waals surface area contributed by atoms with Crippen LogP contribution in [0.15, 0.2) is 0 Å². The lowest BCUT2D eigenvalue weighted by Gasteiger charge is -2.14. The first-order chi connectivity index (χ1) is 4.84. The van der Waals surface area contributed by atoms with Crippen LogP contribution in [0.25, 0.3) is 0 Å². The number of hydrogen-bond donors (Lipinski definition) is 1. The minimum absolute atomic E-state index is 0.930. The second-order valence-corrected chi connectivity index (χ2v) is 3.59. The zero-order chi connectivity index (χ0) is 7.40. The lowest BCUT2D eigenvalue weighted by molar-refractivity contribution is 0.319. The van der Waals surface area contributed by atoms with Gasteiger partial charge in [-0.1, -0.05) is 0 Å². The van der Waals surface area contributed by atoms with Gasteiger partial charge in [0, 0.05) is 6.04 Å². The predicted octanol–water partition coefficient (Wildman–Crippen LogP) is 1.79. The highest BCUT2D eigenvalue weighted by Gasteiger charge is 2.24. The van der Waals surface area contributed by atoms with E-state index in [4.69, 9.17) is 0 Å². The van der Waals surface area contributed by atoms with Crippen LogP contribution in [0, 0.1) is 0 Å². The molecule has 0 aromatic carbocycles. The summed E-state index contributed by atoms with van der Waals surface area (Å²) in [5.41, 5.74) is 0. The fourth-order valence-electron chi connectivity index (χ4n) is 1.17. The molecule has 0 unspecified atom stereocenters. The maximum Gasteiger partial charge on any atom is 0.00933 e. The van der Waals surface area contributed by atoms with Gasteiger partial charge in [-0.25, -0.2) is 0 Å². The summed E-state index contributed by atoms with van der Waals surface area (Å²) in [7, 11) is 2.23. The standard InChI is InChI=1S/C8H17NS/c1-9(8-4-5-8)6-2-3-7-10/h8,10H,2-7H2,1H3. The summed E-state index contributed by atoms with van der Waals surface area (Å²) in [6.45, 7) is 1.27. The number of nitrogens with zero attached hydrogens (tertiary/aromatic N) is 1. The first kappa shape index (κ1) is 8.41. The highest BCUT2D eigenvalue weighted by atomic mass is 32.1. The van der Waals surface area contributed by atoms with E-state index in [0.29, 0.717) is 0 Å². The Kier molecular flexibility index (Phi) is 3.57. The molecule has 0 aromatic heterocycles. The van der Waals surface area contributed by atoms with Gasteiger partial charge >= 0.3 is 0 Å². The van der Waals surface area contributed by atoms with Crippen LogP contribution >= 0.6 is 12.6 Å². The molecule has 1 rings (SSSR count). The van der Waals surface area contributed by atoms with Crippen LogP contribution in [0.4, 0.5) is 0 Å². The van der Waals surface area contributed by atoms with Crippen molar-refractivity contribution in [3.8, 4) is 0 Å². The van der Waals surface area contributed by atoms with E-state index in [0.717, 1.165) is 11.8 Å². The van der Waals surface area contributed by atoms with E-state index in [-0.39, 0.29) is 0 Å². The minimum Gasteiger partial charge on any atom is -0.303 e. The fourth-order valence-corrected chi connectivity index (χ4v) is 1.39.